The molecule has 1 aliphatic rings. The van der Waals surface area contributed by atoms with E-state index in [1.807, 2.05) is 0 Å². The number of anilines is 1. The number of nitrogens with zero attached hydrogens (tertiary/aromatic N) is 1. The number of hydrogen-bond acceptors (Lipinski definition) is 5. The molecular weight excluding hydrogens is 322 g/mol. The minimum atomic E-state index is -0.872. The van der Waals surface area contributed by atoms with E-state index in [2.05, 4.69) is 10.6 Å². The van der Waals surface area contributed by atoms with Crippen molar-refractivity contribution in [3.63, 3.8) is 0 Å². The molecule has 0 saturated heterocycles. The second-order valence-corrected chi connectivity index (χ2v) is 6.00. The average Bonchev–Trinajstić information content (AvgIpc) is 3.08. The van der Waals surface area contributed by atoms with Gasteiger partial charge in [-0.2, -0.15) is 5.26 Å². The third-order valence-electron chi connectivity index (χ3n) is 4.00. The van der Waals surface area contributed by atoms with Gasteiger partial charge in [-0.15, -0.1) is 0 Å². The van der Waals surface area contributed by atoms with Crippen molar-refractivity contribution >= 4 is 23.5 Å². The molecule has 0 heterocycles. The summed E-state index contributed by atoms with van der Waals surface area (Å²) in [6, 6.07) is 7.98. The van der Waals surface area contributed by atoms with E-state index in [9.17, 15) is 14.4 Å². The minimum absolute atomic E-state index is 0.171. The molecule has 1 fully saturated rings. The maximum atomic E-state index is 12.1. The van der Waals surface area contributed by atoms with Gasteiger partial charge in [0, 0.05) is 11.7 Å². The summed E-state index contributed by atoms with van der Waals surface area (Å²) in [7, 11) is 0. The Hall–Kier alpha value is -2.88. The van der Waals surface area contributed by atoms with Crippen LogP contribution in [0.5, 0.6) is 0 Å². The second kappa shape index (κ2) is 8.83. The first-order chi connectivity index (χ1) is 12.0. The topological polar surface area (TPSA) is 108 Å². The summed E-state index contributed by atoms with van der Waals surface area (Å²) < 4.78 is 5.19. The smallest absolute Gasteiger partial charge is 0.338 e. The van der Waals surface area contributed by atoms with E-state index in [1.54, 1.807) is 13.0 Å². The van der Waals surface area contributed by atoms with Crippen molar-refractivity contribution in [3.8, 4) is 6.07 Å². The molecule has 0 spiro atoms. The van der Waals surface area contributed by atoms with Crippen LogP contribution in [0.15, 0.2) is 24.3 Å². The highest BCUT2D eigenvalue weighted by atomic mass is 16.5. The van der Waals surface area contributed by atoms with Crippen molar-refractivity contribution in [1.82, 2.24) is 5.32 Å². The fourth-order valence-electron chi connectivity index (χ4n) is 2.64. The quantitative estimate of drug-likeness (QED) is 0.769. The number of rotatable bonds is 6. The molecular formula is C18H21N3O4. The zero-order valence-corrected chi connectivity index (χ0v) is 14.1. The molecule has 1 aliphatic carbocycles. The van der Waals surface area contributed by atoms with Crippen molar-refractivity contribution in [2.45, 2.75) is 51.2 Å². The first-order valence-corrected chi connectivity index (χ1v) is 8.28. The summed E-state index contributed by atoms with van der Waals surface area (Å²) >= 11 is 0. The van der Waals surface area contributed by atoms with E-state index in [4.69, 9.17) is 10.00 Å². The lowest BCUT2D eigenvalue weighted by molar-refractivity contribution is -0.129. The van der Waals surface area contributed by atoms with Gasteiger partial charge in [0.25, 0.3) is 5.91 Å². The Kier molecular flexibility index (Phi) is 6.52. The molecule has 1 aromatic carbocycles. The Morgan fingerprint density at radius 2 is 1.88 bits per heavy atom. The van der Waals surface area contributed by atoms with Gasteiger partial charge in [-0.05, 0) is 44.0 Å². The fraction of sp³-hybridized carbons (Fsp3) is 0.444. The highest BCUT2D eigenvalue weighted by molar-refractivity contribution is 5.94. The number of carbonyl (C=O) groups is 3. The maximum absolute atomic E-state index is 12.1. The fourth-order valence-corrected chi connectivity index (χ4v) is 2.64. The lowest BCUT2D eigenvalue weighted by atomic mass is 10.2. The van der Waals surface area contributed by atoms with Gasteiger partial charge in [0.1, 0.15) is 6.42 Å². The molecule has 0 bridgehead atoms. The number of nitrogens with one attached hydrogen (secondary N) is 2. The third-order valence-corrected chi connectivity index (χ3v) is 4.00. The number of amides is 2. The third kappa shape index (κ3) is 5.60. The van der Waals surface area contributed by atoms with Crippen LogP contribution < -0.4 is 10.6 Å². The van der Waals surface area contributed by atoms with Crippen LogP contribution in [0.1, 0.15) is 49.4 Å². The van der Waals surface area contributed by atoms with Crippen LogP contribution >= 0.6 is 0 Å². The first-order valence-electron chi connectivity index (χ1n) is 8.28. The van der Waals surface area contributed by atoms with Crippen molar-refractivity contribution in [3.05, 3.63) is 29.8 Å². The second-order valence-electron chi connectivity index (χ2n) is 6.00. The van der Waals surface area contributed by atoms with Crippen LogP contribution in [0, 0.1) is 11.3 Å². The van der Waals surface area contributed by atoms with E-state index >= 15 is 0 Å². The first kappa shape index (κ1) is 18.5. The minimum Gasteiger partial charge on any atom is -0.449 e. The van der Waals surface area contributed by atoms with E-state index < -0.39 is 18.0 Å². The van der Waals surface area contributed by atoms with Gasteiger partial charge in [-0.1, -0.05) is 12.8 Å². The number of esters is 1. The highest BCUT2D eigenvalue weighted by Gasteiger charge is 2.23. The van der Waals surface area contributed by atoms with Crippen LogP contribution in [0.2, 0.25) is 0 Å². The molecule has 2 N–H and O–H groups in total. The highest BCUT2D eigenvalue weighted by Crippen LogP contribution is 2.18. The standard InChI is InChI=1S/C18H21N3O4/c1-12(17(23)21-14-4-2-3-5-14)25-18(24)13-6-8-15(9-7-13)20-16(22)10-11-19/h6-9,12,14H,2-5,10H2,1H3,(H,20,22)(H,21,23)/t12-/m1/s1. The molecule has 25 heavy (non-hydrogen) atoms. The predicted octanol–water partition coefficient (Wildman–Crippen LogP) is 2.14. The molecule has 0 aromatic heterocycles. The average molecular weight is 343 g/mol. The Morgan fingerprint density at radius 1 is 1.24 bits per heavy atom. The molecule has 1 aromatic rings. The molecule has 1 atom stereocenters. The molecule has 2 amide bonds. The van der Waals surface area contributed by atoms with Gasteiger partial charge in [-0.3, -0.25) is 9.59 Å². The molecule has 0 aliphatic heterocycles. The largest absolute Gasteiger partial charge is 0.449 e. The van der Waals surface area contributed by atoms with E-state index in [0.29, 0.717) is 5.69 Å². The summed E-state index contributed by atoms with van der Waals surface area (Å²) in [5.74, 6) is -1.32. The predicted molar refractivity (Wildman–Crippen MR) is 90.6 cm³/mol. The molecule has 7 nitrogen and oxygen atoms in total. The van der Waals surface area contributed by atoms with Gasteiger partial charge < -0.3 is 15.4 Å². The Labute approximate surface area is 146 Å². The maximum Gasteiger partial charge on any atom is 0.338 e. The Balaban J connectivity index is 1.86. The zero-order valence-electron chi connectivity index (χ0n) is 14.1. The van der Waals surface area contributed by atoms with Gasteiger partial charge in [-0.25, -0.2) is 4.79 Å². The summed E-state index contributed by atoms with van der Waals surface area (Å²) in [5.41, 5.74) is 0.752. The van der Waals surface area contributed by atoms with E-state index in [0.717, 1.165) is 25.7 Å². The van der Waals surface area contributed by atoms with Gasteiger partial charge >= 0.3 is 5.97 Å². The number of ether oxygens (including phenoxy) is 1. The number of carbonyl (C=O) groups excluding carboxylic acids is 3. The number of hydrogen-bond donors (Lipinski definition) is 2. The molecule has 132 valence electrons. The van der Waals surface area contributed by atoms with Crippen LogP contribution in [0.25, 0.3) is 0 Å². The number of benzene rings is 1. The van der Waals surface area contributed by atoms with Crippen molar-refractivity contribution in [2.24, 2.45) is 0 Å². The monoisotopic (exact) mass is 343 g/mol. The summed E-state index contributed by atoms with van der Waals surface area (Å²) in [6.07, 6.45) is 3.03. The Morgan fingerprint density at radius 3 is 2.48 bits per heavy atom. The normalized spacial score (nSPS) is 15.0. The molecule has 1 saturated carbocycles. The van der Waals surface area contributed by atoms with Crippen molar-refractivity contribution < 1.29 is 19.1 Å². The molecule has 2 rings (SSSR count). The zero-order chi connectivity index (χ0) is 18.2. The van der Waals surface area contributed by atoms with Crippen LogP contribution in [0.4, 0.5) is 5.69 Å². The summed E-state index contributed by atoms with van der Waals surface area (Å²) in [5, 5.41) is 13.9. The van der Waals surface area contributed by atoms with Crippen LogP contribution in [-0.4, -0.2) is 29.9 Å². The van der Waals surface area contributed by atoms with E-state index in [1.165, 1.54) is 24.3 Å². The lowest BCUT2D eigenvalue weighted by Crippen LogP contribution is -2.40. The number of nitriles is 1. The molecule has 7 heteroatoms. The van der Waals surface area contributed by atoms with Gasteiger partial charge in [0.05, 0.1) is 11.6 Å². The van der Waals surface area contributed by atoms with Crippen LogP contribution in [0.3, 0.4) is 0 Å². The Bertz CT molecular complexity index is 673. The SMILES string of the molecule is C[C@@H](OC(=O)c1ccc(NC(=O)CC#N)cc1)C(=O)NC1CCCC1. The van der Waals surface area contributed by atoms with E-state index in [-0.39, 0.29) is 23.9 Å². The lowest BCUT2D eigenvalue weighted by Gasteiger charge is -2.17. The van der Waals surface area contributed by atoms with Gasteiger partial charge in [0.15, 0.2) is 6.10 Å². The van der Waals surface area contributed by atoms with Crippen molar-refractivity contribution in [2.75, 3.05) is 5.32 Å². The summed E-state index contributed by atoms with van der Waals surface area (Å²) in [6.45, 7) is 1.54. The molecule has 0 unspecified atom stereocenters. The molecule has 0 radical (unpaired) electrons. The van der Waals surface area contributed by atoms with Crippen LogP contribution in [-0.2, 0) is 14.3 Å². The van der Waals surface area contributed by atoms with Crippen molar-refractivity contribution in [1.29, 1.82) is 5.26 Å². The summed E-state index contributed by atoms with van der Waals surface area (Å²) in [4.78, 5) is 35.5. The van der Waals surface area contributed by atoms with Gasteiger partial charge in [0.2, 0.25) is 5.91 Å².